The SMILES string of the molecule is COCCCc1c(OC)ccc2ccccc12. The van der Waals surface area contributed by atoms with Gasteiger partial charge in [-0.3, -0.25) is 0 Å². The molecule has 0 spiro atoms. The lowest BCUT2D eigenvalue weighted by Gasteiger charge is -2.11. The van der Waals surface area contributed by atoms with E-state index in [2.05, 4.69) is 30.3 Å². The van der Waals surface area contributed by atoms with Crippen molar-refractivity contribution in [2.75, 3.05) is 20.8 Å². The van der Waals surface area contributed by atoms with Crippen LogP contribution in [0.2, 0.25) is 0 Å². The molecule has 2 aromatic rings. The molecule has 0 unspecified atom stereocenters. The Kier molecular flexibility index (Phi) is 3.99. The number of fused-ring (bicyclic) bond motifs is 1. The fourth-order valence-electron chi connectivity index (χ4n) is 2.16. The van der Waals surface area contributed by atoms with Gasteiger partial charge in [0.2, 0.25) is 0 Å². The Morgan fingerprint density at radius 3 is 2.59 bits per heavy atom. The van der Waals surface area contributed by atoms with Crippen molar-refractivity contribution < 1.29 is 9.47 Å². The van der Waals surface area contributed by atoms with E-state index in [0.717, 1.165) is 25.2 Å². The highest BCUT2D eigenvalue weighted by Gasteiger charge is 2.07. The molecule has 0 aromatic heterocycles. The smallest absolute Gasteiger partial charge is 0.122 e. The number of aryl methyl sites for hydroxylation is 1. The first-order chi connectivity index (χ1) is 8.36. The average Bonchev–Trinajstić information content (AvgIpc) is 2.39. The first kappa shape index (κ1) is 11.9. The van der Waals surface area contributed by atoms with Gasteiger partial charge in [-0.1, -0.05) is 30.3 Å². The van der Waals surface area contributed by atoms with E-state index < -0.39 is 0 Å². The van der Waals surface area contributed by atoms with Gasteiger partial charge in [-0.15, -0.1) is 0 Å². The maximum absolute atomic E-state index is 5.44. The van der Waals surface area contributed by atoms with Gasteiger partial charge in [-0.05, 0) is 29.7 Å². The number of rotatable bonds is 5. The molecule has 0 aliphatic heterocycles. The van der Waals surface area contributed by atoms with Crippen molar-refractivity contribution in [2.24, 2.45) is 0 Å². The van der Waals surface area contributed by atoms with Gasteiger partial charge in [0.25, 0.3) is 0 Å². The minimum atomic E-state index is 0.784. The van der Waals surface area contributed by atoms with Crippen LogP contribution in [0.4, 0.5) is 0 Å². The molecule has 0 heterocycles. The zero-order valence-corrected chi connectivity index (χ0v) is 10.4. The van der Waals surface area contributed by atoms with E-state index in [1.54, 1.807) is 14.2 Å². The Morgan fingerprint density at radius 1 is 1.00 bits per heavy atom. The monoisotopic (exact) mass is 230 g/mol. The predicted molar refractivity (Wildman–Crippen MR) is 70.7 cm³/mol. The molecule has 0 amide bonds. The molecular formula is C15H18O2. The molecule has 0 bridgehead atoms. The number of benzene rings is 2. The third kappa shape index (κ3) is 2.59. The van der Waals surface area contributed by atoms with Crippen LogP contribution in [0.15, 0.2) is 36.4 Å². The normalized spacial score (nSPS) is 10.7. The Hall–Kier alpha value is -1.54. The van der Waals surface area contributed by atoms with Crippen molar-refractivity contribution in [1.29, 1.82) is 0 Å². The van der Waals surface area contributed by atoms with E-state index >= 15 is 0 Å². The second kappa shape index (κ2) is 5.69. The molecule has 17 heavy (non-hydrogen) atoms. The molecule has 0 saturated heterocycles. The Balaban J connectivity index is 2.40. The van der Waals surface area contributed by atoms with E-state index in [1.807, 2.05) is 6.07 Å². The summed E-state index contributed by atoms with van der Waals surface area (Å²) in [4.78, 5) is 0. The number of hydrogen-bond donors (Lipinski definition) is 0. The lowest BCUT2D eigenvalue weighted by molar-refractivity contribution is 0.195. The second-order valence-electron chi connectivity index (χ2n) is 4.06. The van der Waals surface area contributed by atoms with Crippen LogP contribution in [-0.4, -0.2) is 20.8 Å². The minimum Gasteiger partial charge on any atom is -0.496 e. The fourth-order valence-corrected chi connectivity index (χ4v) is 2.16. The van der Waals surface area contributed by atoms with Crippen LogP contribution in [0, 0.1) is 0 Å². The predicted octanol–water partition coefficient (Wildman–Crippen LogP) is 3.43. The first-order valence-corrected chi connectivity index (χ1v) is 5.90. The van der Waals surface area contributed by atoms with E-state index in [1.165, 1.54) is 16.3 Å². The van der Waals surface area contributed by atoms with Crippen molar-refractivity contribution in [1.82, 2.24) is 0 Å². The lowest BCUT2D eigenvalue weighted by Crippen LogP contribution is -1.97. The number of methoxy groups -OCH3 is 2. The largest absolute Gasteiger partial charge is 0.496 e. The van der Waals surface area contributed by atoms with Crippen molar-refractivity contribution in [3.8, 4) is 5.75 Å². The molecule has 2 nitrogen and oxygen atoms in total. The lowest BCUT2D eigenvalue weighted by atomic mass is 10.00. The molecule has 90 valence electrons. The molecule has 0 fully saturated rings. The summed E-state index contributed by atoms with van der Waals surface area (Å²) in [5.41, 5.74) is 1.28. The molecule has 0 aliphatic carbocycles. The maximum Gasteiger partial charge on any atom is 0.122 e. The summed E-state index contributed by atoms with van der Waals surface area (Å²) in [6, 6.07) is 12.6. The first-order valence-electron chi connectivity index (χ1n) is 5.90. The van der Waals surface area contributed by atoms with Gasteiger partial charge in [-0.2, -0.15) is 0 Å². The van der Waals surface area contributed by atoms with E-state index in [4.69, 9.17) is 9.47 Å². The second-order valence-corrected chi connectivity index (χ2v) is 4.06. The minimum absolute atomic E-state index is 0.784. The zero-order chi connectivity index (χ0) is 12.1. The topological polar surface area (TPSA) is 18.5 Å². The van der Waals surface area contributed by atoms with Crippen LogP contribution < -0.4 is 4.74 Å². The quantitative estimate of drug-likeness (QED) is 0.733. The van der Waals surface area contributed by atoms with Crippen molar-refractivity contribution in [2.45, 2.75) is 12.8 Å². The highest BCUT2D eigenvalue weighted by atomic mass is 16.5. The van der Waals surface area contributed by atoms with E-state index in [-0.39, 0.29) is 0 Å². The summed E-state index contributed by atoms with van der Waals surface area (Å²) in [6.45, 7) is 0.784. The summed E-state index contributed by atoms with van der Waals surface area (Å²) in [6.07, 6.45) is 2.00. The van der Waals surface area contributed by atoms with Crippen LogP contribution in [0.25, 0.3) is 10.8 Å². The highest BCUT2D eigenvalue weighted by molar-refractivity contribution is 5.87. The van der Waals surface area contributed by atoms with Gasteiger partial charge in [0.1, 0.15) is 5.75 Å². The third-order valence-corrected chi connectivity index (χ3v) is 2.99. The number of hydrogen-bond acceptors (Lipinski definition) is 2. The molecule has 0 saturated carbocycles. The van der Waals surface area contributed by atoms with E-state index in [0.29, 0.717) is 0 Å². The molecule has 2 heteroatoms. The average molecular weight is 230 g/mol. The standard InChI is InChI=1S/C15H18O2/c1-16-11-5-8-14-13-7-4-3-6-12(13)9-10-15(14)17-2/h3-4,6-7,9-10H,5,8,11H2,1-2H3. The number of ether oxygens (including phenoxy) is 2. The van der Waals surface area contributed by atoms with Crippen LogP contribution in [0.1, 0.15) is 12.0 Å². The molecule has 0 N–H and O–H groups in total. The summed E-state index contributed by atoms with van der Waals surface area (Å²) in [7, 11) is 3.46. The van der Waals surface area contributed by atoms with Crippen LogP contribution in [0.5, 0.6) is 5.75 Å². The Labute approximate surface area is 102 Å². The summed E-state index contributed by atoms with van der Waals surface area (Å²) in [5, 5.41) is 2.55. The summed E-state index contributed by atoms with van der Waals surface area (Å²) >= 11 is 0. The van der Waals surface area contributed by atoms with Crippen LogP contribution in [-0.2, 0) is 11.2 Å². The van der Waals surface area contributed by atoms with Crippen molar-refractivity contribution in [3.05, 3.63) is 42.0 Å². The van der Waals surface area contributed by atoms with Crippen molar-refractivity contribution >= 4 is 10.8 Å². The third-order valence-electron chi connectivity index (χ3n) is 2.99. The molecule has 0 radical (unpaired) electrons. The molecule has 0 aliphatic rings. The van der Waals surface area contributed by atoms with Gasteiger partial charge in [0, 0.05) is 19.3 Å². The van der Waals surface area contributed by atoms with Gasteiger partial charge >= 0.3 is 0 Å². The molecule has 2 aromatic carbocycles. The summed E-state index contributed by atoms with van der Waals surface area (Å²) < 4.78 is 10.6. The van der Waals surface area contributed by atoms with Gasteiger partial charge in [0.15, 0.2) is 0 Å². The van der Waals surface area contributed by atoms with Crippen molar-refractivity contribution in [3.63, 3.8) is 0 Å². The van der Waals surface area contributed by atoms with Crippen LogP contribution >= 0.6 is 0 Å². The van der Waals surface area contributed by atoms with Crippen LogP contribution in [0.3, 0.4) is 0 Å². The molecule has 0 atom stereocenters. The van der Waals surface area contributed by atoms with Gasteiger partial charge < -0.3 is 9.47 Å². The molecule has 2 rings (SSSR count). The molecular weight excluding hydrogens is 212 g/mol. The van der Waals surface area contributed by atoms with E-state index in [9.17, 15) is 0 Å². The van der Waals surface area contributed by atoms with Gasteiger partial charge in [0.05, 0.1) is 7.11 Å². The zero-order valence-electron chi connectivity index (χ0n) is 10.4. The summed E-state index contributed by atoms with van der Waals surface area (Å²) in [5.74, 6) is 0.972. The van der Waals surface area contributed by atoms with Gasteiger partial charge in [-0.25, -0.2) is 0 Å². The Bertz CT molecular complexity index is 491. The fraction of sp³-hybridized carbons (Fsp3) is 0.333. The maximum atomic E-state index is 5.44. The Morgan fingerprint density at radius 2 is 1.82 bits per heavy atom. The highest BCUT2D eigenvalue weighted by Crippen LogP contribution is 2.28.